The van der Waals surface area contributed by atoms with Crippen molar-refractivity contribution in [3.63, 3.8) is 0 Å². The van der Waals surface area contributed by atoms with E-state index >= 15 is 0 Å². The van der Waals surface area contributed by atoms with Gasteiger partial charge in [-0.25, -0.2) is 4.79 Å². The van der Waals surface area contributed by atoms with Gasteiger partial charge in [0.15, 0.2) is 0 Å². The lowest BCUT2D eigenvalue weighted by Crippen LogP contribution is -2.54. The van der Waals surface area contributed by atoms with E-state index in [1.54, 1.807) is 24.3 Å². The third-order valence-corrected chi connectivity index (χ3v) is 3.68. The van der Waals surface area contributed by atoms with E-state index in [1.807, 2.05) is 6.92 Å². The summed E-state index contributed by atoms with van der Waals surface area (Å²) in [4.78, 5) is 22.9. The molecule has 0 aliphatic carbocycles. The molecule has 21 heavy (non-hydrogen) atoms. The number of aliphatic carboxylic acids is 1. The number of rotatable bonds is 4. The highest BCUT2D eigenvalue weighted by molar-refractivity contribution is 5.98. The Balaban J connectivity index is 2.07. The van der Waals surface area contributed by atoms with Crippen molar-refractivity contribution in [2.24, 2.45) is 0 Å². The van der Waals surface area contributed by atoms with Gasteiger partial charge in [-0.1, -0.05) is 12.1 Å². The second-order valence-corrected chi connectivity index (χ2v) is 5.47. The average Bonchev–Trinajstić information content (AvgIpc) is 2.46. The number of hydrogen-bond donors (Lipinski definition) is 3. The molecule has 1 aromatic rings. The third-order valence-electron chi connectivity index (χ3n) is 3.68. The van der Waals surface area contributed by atoms with Gasteiger partial charge in [0.05, 0.1) is 5.54 Å². The predicted molar refractivity (Wildman–Crippen MR) is 82.0 cm³/mol. The van der Waals surface area contributed by atoms with Crippen molar-refractivity contribution >= 4 is 23.6 Å². The molecule has 0 radical (unpaired) electrons. The van der Waals surface area contributed by atoms with Crippen molar-refractivity contribution in [1.82, 2.24) is 5.32 Å². The SMILES string of the molecule is CC1(C(=O)Nc2cccc(/C=C/C(=O)O)c2)CCCCN1. The first-order valence-corrected chi connectivity index (χ1v) is 7.07. The molecule has 1 atom stereocenters. The summed E-state index contributed by atoms with van der Waals surface area (Å²) >= 11 is 0. The molecule has 1 aliphatic heterocycles. The normalized spacial score (nSPS) is 22.1. The van der Waals surface area contributed by atoms with Gasteiger partial charge in [-0.3, -0.25) is 4.79 Å². The van der Waals surface area contributed by atoms with Crippen molar-refractivity contribution in [3.8, 4) is 0 Å². The highest BCUT2D eigenvalue weighted by atomic mass is 16.4. The Labute approximate surface area is 124 Å². The molecule has 0 bridgehead atoms. The smallest absolute Gasteiger partial charge is 0.328 e. The van der Waals surface area contributed by atoms with Gasteiger partial charge >= 0.3 is 5.97 Å². The van der Waals surface area contributed by atoms with Crippen LogP contribution in [-0.2, 0) is 9.59 Å². The molecule has 1 fully saturated rings. The summed E-state index contributed by atoms with van der Waals surface area (Å²) in [6.07, 6.45) is 5.53. The number of anilines is 1. The molecule has 5 nitrogen and oxygen atoms in total. The molecule has 2 rings (SSSR count). The largest absolute Gasteiger partial charge is 0.478 e. The van der Waals surface area contributed by atoms with E-state index in [-0.39, 0.29) is 5.91 Å². The molecule has 0 spiro atoms. The van der Waals surface area contributed by atoms with Crippen LogP contribution >= 0.6 is 0 Å². The average molecular weight is 288 g/mol. The maximum Gasteiger partial charge on any atom is 0.328 e. The lowest BCUT2D eigenvalue weighted by molar-refractivity contribution is -0.131. The molecule has 0 aromatic heterocycles. The minimum absolute atomic E-state index is 0.0541. The number of carbonyl (C=O) groups excluding carboxylic acids is 1. The van der Waals surface area contributed by atoms with Gasteiger partial charge < -0.3 is 15.7 Å². The predicted octanol–water partition coefficient (Wildman–Crippen LogP) is 2.26. The van der Waals surface area contributed by atoms with Crippen molar-refractivity contribution < 1.29 is 14.7 Å². The topological polar surface area (TPSA) is 78.4 Å². The summed E-state index contributed by atoms with van der Waals surface area (Å²) in [5.41, 5.74) is 0.864. The summed E-state index contributed by atoms with van der Waals surface area (Å²) in [6, 6.07) is 7.12. The molecule has 1 aromatic carbocycles. The fourth-order valence-electron chi connectivity index (χ4n) is 2.41. The number of carboxylic acids is 1. The number of amides is 1. The van der Waals surface area contributed by atoms with Crippen LogP contribution in [0.4, 0.5) is 5.69 Å². The van der Waals surface area contributed by atoms with Crippen LogP contribution in [0.5, 0.6) is 0 Å². The molecule has 1 amide bonds. The van der Waals surface area contributed by atoms with Crippen LogP contribution in [0.2, 0.25) is 0 Å². The van der Waals surface area contributed by atoms with E-state index < -0.39 is 11.5 Å². The Morgan fingerprint density at radius 1 is 1.38 bits per heavy atom. The molecular formula is C16H20N2O3. The van der Waals surface area contributed by atoms with E-state index in [9.17, 15) is 9.59 Å². The molecule has 1 aliphatic rings. The lowest BCUT2D eigenvalue weighted by Gasteiger charge is -2.33. The van der Waals surface area contributed by atoms with E-state index in [0.29, 0.717) is 5.69 Å². The highest BCUT2D eigenvalue weighted by Crippen LogP contribution is 2.21. The number of piperidine rings is 1. The van der Waals surface area contributed by atoms with Gasteiger partial charge in [0, 0.05) is 11.8 Å². The first-order chi connectivity index (χ1) is 9.99. The van der Waals surface area contributed by atoms with E-state index in [4.69, 9.17) is 5.11 Å². The monoisotopic (exact) mass is 288 g/mol. The van der Waals surface area contributed by atoms with Gasteiger partial charge in [0.25, 0.3) is 0 Å². The first kappa shape index (κ1) is 15.3. The lowest BCUT2D eigenvalue weighted by atomic mass is 9.90. The second kappa shape index (κ2) is 6.54. The van der Waals surface area contributed by atoms with Gasteiger partial charge in [-0.15, -0.1) is 0 Å². The van der Waals surface area contributed by atoms with Gasteiger partial charge in [0.2, 0.25) is 5.91 Å². The Bertz CT molecular complexity index is 560. The zero-order chi connectivity index (χ0) is 15.3. The number of benzene rings is 1. The van der Waals surface area contributed by atoms with Crippen LogP contribution in [-0.4, -0.2) is 29.1 Å². The Morgan fingerprint density at radius 3 is 2.86 bits per heavy atom. The second-order valence-electron chi connectivity index (χ2n) is 5.47. The minimum Gasteiger partial charge on any atom is -0.478 e. The zero-order valence-corrected chi connectivity index (χ0v) is 12.1. The van der Waals surface area contributed by atoms with Gasteiger partial charge in [-0.2, -0.15) is 0 Å². The quantitative estimate of drug-likeness (QED) is 0.743. The Kier molecular flexibility index (Phi) is 4.75. The first-order valence-electron chi connectivity index (χ1n) is 7.07. The molecule has 1 heterocycles. The molecule has 3 N–H and O–H groups in total. The van der Waals surface area contributed by atoms with Crippen LogP contribution in [0, 0.1) is 0 Å². The summed E-state index contributed by atoms with van der Waals surface area (Å²) in [7, 11) is 0. The van der Waals surface area contributed by atoms with E-state index in [0.717, 1.165) is 37.4 Å². The minimum atomic E-state index is -0.997. The summed E-state index contributed by atoms with van der Waals surface area (Å²) in [5.74, 6) is -1.05. The number of nitrogens with one attached hydrogen (secondary N) is 2. The van der Waals surface area contributed by atoms with Crippen LogP contribution < -0.4 is 10.6 Å². The van der Waals surface area contributed by atoms with Crippen LogP contribution in [0.1, 0.15) is 31.7 Å². The Morgan fingerprint density at radius 2 is 2.19 bits per heavy atom. The molecule has 1 saturated heterocycles. The molecular weight excluding hydrogens is 268 g/mol. The van der Waals surface area contributed by atoms with Crippen LogP contribution in [0.15, 0.2) is 30.3 Å². The molecule has 1 unspecified atom stereocenters. The summed E-state index contributed by atoms with van der Waals surface area (Å²) in [5, 5.41) is 14.8. The number of carbonyl (C=O) groups is 2. The van der Waals surface area contributed by atoms with Crippen molar-refractivity contribution in [2.75, 3.05) is 11.9 Å². The zero-order valence-electron chi connectivity index (χ0n) is 12.1. The Hall–Kier alpha value is -2.14. The van der Waals surface area contributed by atoms with E-state index in [1.165, 1.54) is 6.08 Å². The molecule has 0 saturated carbocycles. The standard InChI is InChI=1S/C16H20N2O3/c1-16(9-2-3-10-17-16)15(21)18-13-6-4-5-12(11-13)7-8-14(19)20/h4-8,11,17H,2-3,9-10H2,1H3,(H,18,21)(H,19,20)/b8-7+. The van der Waals surface area contributed by atoms with Crippen molar-refractivity contribution in [1.29, 1.82) is 0 Å². The maximum absolute atomic E-state index is 12.4. The fourth-order valence-corrected chi connectivity index (χ4v) is 2.41. The molecule has 112 valence electrons. The van der Waals surface area contributed by atoms with Crippen molar-refractivity contribution in [2.45, 2.75) is 31.7 Å². The maximum atomic E-state index is 12.4. The third kappa shape index (κ3) is 4.16. The summed E-state index contributed by atoms with van der Waals surface area (Å²) in [6.45, 7) is 2.76. The number of carboxylic acid groups (broad SMARTS) is 1. The van der Waals surface area contributed by atoms with Crippen LogP contribution in [0.3, 0.4) is 0 Å². The van der Waals surface area contributed by atoms with Crippen molar-refractivity contribution in [3.05, 3.63) is 35.9 Å². The highest BCUT2D eigenvalue weighted by Gasteiger charge is 2.34. The van der Waals surface area contributed by atoms with E-state index in [2.05, 4.69) is 10.6 Å². The van der Waals surface area contributed by atoms with Gasteiger partial charge in [-0.05, 0) is 56.5 Å². The fraction of sp³-hybridized carbons (Fsp3) is 0.375. The van der Waals surface area contributed by atoms with Gasteiger partial charge in [0.1, 0.15) is 0 Å². The van der Waals surface area contributed by atoms with Crippen LogP contribution in [0.25, 0.3) is 6.08 Å². The number of hydrogen-bond acceptors (Lipinski definition) is 3. The molecule has 5 heteroatoms. The summed E-state index contributed by atoms with van der Waals surface area (Å²) < 4.78 is 0.